The van der Waals surface area contributed by atoms with E-state index in [2.05, 4.69) is 5.32 Å². The third-order valence-electron chi connectivity index (χ3n) is 7.58. The lowest BCUT2D eigenvalue weighted by Gasteiger charge is -2.53. The van der Waals surface area contributed by atoms with Crippen LogP contribution in [0.25, 0.3) is 0 Å². The number of Topliss-reactive ketones (excluding diaryl/α,β-unsaturated/α-hetero) is 2. The van der Waals surface area contributed by atoms with Crippen LogP contribution >= 0.6 is 11.6 Å². The van der Waals surface area contributed by atoms with E-state index in [9.17, 15) is 39.9 Å². The molecule has 4 rings (SSSR count). The Hall–Kier alpha value is -3.12. The Morgan fingerprint density at radius 3 is 2.36 bits per heavy atom. The first kappa shape index (κ1) is 26.0. The van der Waals surface area contributed by atoms with Crippen LogP contribution in [0, 0.1) is 11.8 Å². The van der Waals surface area contributed by atoms with Crippen molar-refractivity contribution in [3.05, 3.63) is 44.9 Å². The Balaban J connectivity index is 2.06. The average molecular weight is 523 g/mol. The van der Waals surface area contributed by atoms with Crippen molar-refractivity contribution in [1.82, 2.24) is 10.2 Å². The number of hydrogen-bond acceptors (Lipinski definition) is 10. The predicted molar refractivity (Wildman–Crippen MR) is 126 cm³/mol. The van der Waals surface area contributed by atoms with Crippen LogP contribution < -0.4 is 10.1 Å². The number of aromatic hydroxyl groups is 1. The number of nitrogens with zero attached hydrogens (tertiary/aromatic N) is 1. The highest BCUT2D eigenvalue weighted by molar-refractivity contribution is 6.34. The summed E-state index contributed by atoms with van der Waals surface area (Å²) in [5.74, 6) is -7.98. The number of likely N-dealkylation sites (N-methyl/N-ethyl adjacent to an activating group) is 2. The minimum absolute atomic E-state index is 0.000215. The molecule has 0 heterocycles. The maximum absolute atomic E-state index is 13.6. The number of methoxy groups -OCH3 is 1. The molecule has 5 unspecified atom stereocenters. The number of carbonyl (C=O) groups is 3. The summed E-state index contributed by atoms with van der Waals surface area (Å²) in [5, 5.41) is 58.4. The third-order valence-corrected chi connectivity index (χ3v) is 7.95. The first-order valence-electron chi connectivity index (χ1n) is 11.1. The number of ether oxygens (including phenoxy) is 1. The fourth-order valence-electron chi connectivity index (χ4n) is 5.88. The van der Waals surface area contributed by atoms with E-state index in [1.807, 2.05) is 0 Å². The zero-order chi connectivity index (χ0) is 27.1. The number of fused-ring (bicyclic) bond motifs is 3. The second-order valence-corrected chi connectivity index (χ2v) is 10.0. The molecule has 0 radical (unpaired) electrons. The van der Waals surface area contributed by atoms with Crippen molar-refractivity contribution in [3.63, 3.8) is 0 Å². The fourth-order valence-corrected chi connectivity index (χ4v) is 6.29. The average Bonchev–Trinajstić information content (AvgIpc) is 2.80. The number of rotatable bonds is 3. The molecule has 11 nitrogen and oxygen atoms in total. The van der Waals surface area contributed by atoms with Crippen molar-refractivity contribution in [2.24, 2.45) is 11.8 Å². The molecule has 5 atom stereocenters. The molecule has 194 valence electrons. The zero-order valence-corrected chi connectivity index (χ0v) is 21.0. The maximum atomic E-state index is 13.6. The molecule has 0 aliphatic heterocycles. The summed E-state index contributed by atoms with van der Waals surface area (Å²) in [6.07, 6.45) is -0.276. The van der Waals surface area contributed by atoms with Gasteiger partial charge in [0.2, 0.25) is 5.78 Å². The Morgan fingerprint density at radius 1 is 1.22 bits per heavy atom. The van der Waals surface area contributed by atoms with E-state index in [-0.39, 0.29) is 22.8 Å². The molecule has 3 aliphatic rings. The molecule has 1 aromatic carbocycles. The summed E-state index contributed by atoms with van der Waals surface area (Å²) in [5.41, 5.74) is -6.56. The summed E-state index contributed by atoms with van der Waals surface area (Å²) in [6.45, 7) is 1.33. The van der Waals surface area contributed by atoms with E-state index in [0.29, 0.717) is 0 Å². The van der Waals surface area contributed by atoms with Gasteiger partial charge < -0.3 is 35.6 Å². The maximum Gasteiger partial charge on any atom is 0.258 e. The van der Waals surface area contributed by atoms with Crippen molar-refractivity contribution in [3.8, 4) is 11.5 Å². The van der Waals surface area contributed by atoms with Crippen molar-refractivity contribution in [2.45, 2.75) is 30.6 Å². The highest BCUT2D eigenvalue weighted by Gasteiger charge is 2.66. The summed E-state index contributed by atoms with van der Waals surface area (Å²) in [7, 11) is 5.59. The molecular formula is C24H27ClN2O9. The van der Waals surface area contributed by atoms with Gasteiger partial charge >= 0.3 is 0 Å². The van der Waals surface area contributed by atoms with Gasteiger partial charge in [0.05, 0.1) is 29.3 Å². The van der Waals surface area contributed by atoms with Gasteiger partial charge in [0.1, 0.15) is 28.6 Å². The van der Waals surface area contributed by atoms with Gasteiger partial charge in [0, 0.05) is 36.1 Å². The number of aliphatic hydroxyl groups is 4. The fraction of sp³-hybridized carbons (Fsp3) is 0.458. The van der Waals surface area contributed by atoms with E-state index >= 15 is 0 Å². The molecule has 3 aliphatic carbocycles. The van der Waals surface area contributed by atoms with E-state index in [1.54, 1.807) is 0 Å². The molecule has 0 saturated heterocycles. The molecule has 36 heavy (non-hydrogen) atoms. The quantitative estimate of drug-likeness (QED) is 0.310. The topological polar surface area (TPSA) is 177 Å². The first-order valence-corrected chi connectivity index (χ1v) is 11.4. The largest absolute Gasteiger partial charge is 0.510 e. The van der Waals surface area contributed by atoms with Gasteiger partial charge in [0.25, 0.3) is 5.91 Å². The van der Waals surface area contributed by atoms with Crippen molar-refractivity contribution < 1.29 is 44.7 Å². The van der Waals surface area contributed by atoms with E-state index in [1.165, 1.54) is 40.1 Å². The second-order valence-electron chi connectivity index (χ2n) is 9.64. The van der Waals surface area contributed by atoms with Crippen LogP contribution in [0.1, 0.15) is 29.3 Å². The number of phenolic OH excluding ortho intramolecular Hbond substituents is 1. The number of nitrogens with one attached hydrogen (secondary N) is 1. The molecule has 1 aromatic rings. The molecular weight excluding hydrogens is 496 g/mol. The SMILES string of the molecule is CNC(=O)C1=C(O)C(N(C)C)C2CC3C(=C(O)C2(O)C1=O)C(=O)c1c(O)cc(OC)c(Cl)c1C3(C)O. The van der Waals surface area contributed by atoms with Crippen LogP contribution in [0.2, 0.25) is 5.02 Å². The van der Waals surface area contributed by atoms with Gasteiger partial charge in [-0.1, -0.05) is 11.6 Å². The van der Waals surface area contributed by atoms with Gasteiger partial charge in [-0.15, -0.1) is 0 Å². The molecule has 0 bridgehead atoms. The van der Waals surface area contributed by atoms with Gasteiger partial charge in [-0.2, -0.15) is 0 Å². The van der Waals surface area contributed by atoms with Gasteiger partial charge in [-0.25, -0.2) is 0 Å². The lowest BCUT2D eigenvalue weighted by Crippen LogP contribution is -2.65. The lowest BCUT2D eigenvalue weighted by atomic mass is 9.55. The number of aliphatic hydroxyl groups excluding tert-OH is 2. The second kappa shape index (κ2) is 8.20. The van der Waals surface area contributed by atoms with Crippen LogP contribution in [0.4, 0.5) is 0 Å². The van der Waals surface area contributed by atoms with E-state index in [0.717, 1.165) is 6.07 Å². The molecule has 0 aromatic heterocycles. The van der Waals surface area contributed by atoms with Crippen LogP contribution in [-0.2, 0) is 15.2 Å². The van der Waals surface area contributed by atoms with Crippen molar-refractivity contribution in [2.75, 3.05) is 28.3 Å². The van der Waals surface area contributed by atoms with Crippen LogP contribution in [-0.4, -0.2) is 87.8 Å². The monoisotopic (exact) mass is 522 g/mol. The van der Waals surface area contributed by atoms with E-state index < -0.39 is 80.5 Å². The molecule has 0 fully saturated rings. The Morgan fingerprint density at radius 2 is 1.83 bits per heavy atom. The number of ketones is 2. The van der Waals surface area contributed by atoms with E-state index in [4.69, 9.17) is 16.3 Å². The molecule has 0 spiro atoms. The Bertz CT molecular complexity index is 1280. The summed E-state index contributed by atoms with van der Waals surface area (Å²) >= 11 is 6.45. The van der Waals surface area contributed by atoms with Crippen LogP contribution in [0.15, 0.2) is 28.7 Å². The number of carbonyl (C=O) groups excluding carboxylic acids is 3. The summed E-state index contributed by atoms with van der Waals surface area (Å²) in [4.78, 5) is 41.0. The lowest BCUT2D eigenvalue weighted by molar-refractivity contribution is -0.152. The Labute approximate surface area is 211 Å². The molecule has 1 amide bonds. The third kappa shape index (κ3) is 3.06. The molecule has 0 saturated carbocycles. The number of amides is 1. The molecule has 12 heteroatoms. The van der Waals surface area contributed by atoms with Crippen molar-refractivity contribution >= 4 is 29.1 Å². The van der Waals surface area contributed by atoms with Crippen LogP contribution in [0.5, 0.6) is 11.5 Å². The highest BCUT2D eigenvalue weighted by Crippen LogP contribution is 2.58. The number of phenols is 1. The number of halogens is 1. The predicted octanol–water partition coefficient (Wildman–Crippen LogP) is 0.708. The summed E-state index contributed by atoms with van der Waals surface area (Å²) < 4.78 is 5.16. The van der Waals surface area contributed by atoms with Gasteiger partial charge in [0.15, 0.2) is 11.4 Å². The zero-order valence-electron chi connectivity index (χ0n) is 20.2. The van der Waals surface area contributed by atoms with Crippen molar-refractivity contribution in [1.29, 1.82) is 0 Å². The van der Waals surface area contributed by atoms with Gasteiger partial charge in [-0.05, 0) is 27.4 Å². The standard InChI is InChI=1S/C24H27ClN2O9/c1-23(34)8-6-9-17(27(3)4)19(30)14(22(33)26-2)21(32)24(9,35)20(31)12(8)18(29)13-10(28)7-11(36-5)16(25)15(13)23/h7-9,17,28,30-31,34-35H,6H2,1-5H3,(H,26,33). The molecule has 6 N–H and O–H groups in total. The first-order chi connectivity index (χ1) is 16.7. The number of benzene rings is 1. The smallest absolute Gasteiger partial charge is 0.258 e. The normalized spacial score (nSPS) is 31.8. The number of hydrogen-bond donors (Lipinski definition) is 6. The van der Waals surface area contributed by atoms with Gasteiger partial charge in [-0.3, -0.25) is 19.3 Å². The minimum Gasteiger partial charge on any atom is -0.510 e. The summed E-state index contributed by atoms with van der Waals surface area (Å²) in [6, 6.07) is -0.0729. The Kier molecular flexibility index (Phi) is 5.91. The van der Waals surface area contributed by atoms with Crippen LogP contribution in [0.3, 0.4) is 0 Å². The minimum atomic E-state index is -2.77. The highest BCUT2D eigenvalue weighted by atomic mass is 35.5.